The molecule has 0 unspecified atom stereocenters. The summed E-state index contributed by atoms with van der Waals surface area (Å²) in [4.78, 5) is 6.09. The van der Waals surface area contributed by atoms with E-state index in [2.05, 4.69) is 64.2 Å². The summed E-state index contributed by atoms with van der Waals surface area (Å²) in [6.07, 6.45) is 1.08. The number of aromatic nitrogens is 1. The Kier molecular flexibility index (Phi) is 4.61. The van der Waals surface area contributed by atoms with Gasteiger partial charge in [-0.3, -0.25) is 0 Å². The van der Waals surface area contributed by atoms with E-state index in [9.17, 15) is 0 Å². The summed E-state index contributed by atoms with van der Waals surface area (Å²) < 4.78 is 0. The molecule has 2 aromatic rings. The summed E-state index contributed by atoms with van der Waals surface area (Å²) in [6, 6.07) is 8.76. The molecule has 0 bridgehead atoms. The van der Waals surface area contributed by atoms with Crippen molar-refractivity contribution in [1.29, 1.82) is 0 Å². The summed E-state index contributed by atoms with van der Waals surface area (Å²) in [5.74, 6) is 0. The molecule has 0 spiro atoms. The van der Waals surface area contributed by atoms with E-state index in [1.165, 1.54) is 16.0 Å². The van der Waals surface area contributed by atoms with Gasteiger partial charge in [-0.2, -0.15) is 0 Å². The van der Waals surface area contributed by atoms with E-state index in [0.717, 1.165) is 23.7 Å². The van der Waals surface area contributed by atoms with Crippen molar-refractivity contribution < 1.29 is 0 Å². The molecular weight excluding hydrogens is 264 g/mol. The number of hydrogen-bond acceptors (Lipinski definition) is 3. The molecule has 0 radical (unpaired) electrons. The molecule has 3 heteroatoms. The first-order chi connectivity index (χ1) is 9.39. The Morgan fingerprint density at radius 2 is 1.80 bits per heavy atom. The Hall–Kier alpha value is -1.19. The predicted octanol–water partition coefficient (Wildman–Crippen LogP) is 4.57. The first-order valence-electron chi connectivity index (χ1n) is 7.19. The average molecular weight is 288 g/mol. The Morgan fingerprint density at radius 1 is 1.15 bits per heavy atom. The highest BCUT2D eigenvalue weighted by molar-refractivity contribution is 7.12. The average Bonchev–Trinajstić information content (AvgIpc) is 2.77. The quantitative estimate of drug-likeness (QED) is 0.891. The molecule has 20 heavy (non-hydrogen) atoms. The fourth-order valence-corrected chi connectivity index (χ4v) is 2.93. The zero-order valence-electron chi connectivity index (χ0n) is 13.1. The van der Waals surface area contributed by atoms with Crippen molar-refractivity contribution in [2.24, 2.45) is 0 Å². The summed E-state index contributed by atoms with van der Waals surface area (Å²) in [7, 11) is 0. The number of benzene rings is 1. The summed E-state index contributed by atoms with van der Waals surface area (Å²) in [6.45, 7) is 11.7. The molecule has 0 aliphatic heterocycles. The van der Waals surface area contributed by atoms with Crippen LogP contribution in [0.3, 0.4) is 0 Å². The first-order valence-corrected chi connectivity index (χ1v) is 8.01. The van der Waals surface area contributed by atoms with Gasteiger partial charge in [-0.05, 0) is 39.7 Å². The smallest absolute Gasteiger partial charge is 0.107 e. The van der Waals surface area contributed by atoms with Crippen LogP contribution in [0.15, 0.2) is 24.3 Å². The van der Waals surface area contributed by atoms with Crippen LogP contribution in [0.25, 0.3) is 11.3 Å². The molecule has 0 aliphatic rings. The normalized spacial score (nSPS) is 11.8. The highest BCUT2D eigenvalue weighted by Crippen LogP contribution is 2.28. The first kappa shape index (κ1) is 15.2. The molecule has 1 aromatic carbocycles. The summed E-state index contributed by atoms with van der Waals surface area (Å²) >= 11 is 1.79. The van der Waals surface area contributed by atoms with E-state index in [1.54, 1.807) is 11.3 Å². The van der Waals surface area contributed by atoms with Crippen molar-refractivity contribution in [2.75, 3.05) is 0 Å². The minimum absolute atomic E-state index is 0.127. The Labute approximate surface area is 126 Å². The van der Waals surface area contributed by atoms with E-state index >= 15 is 0 Å². The van der Waals surface area contributed by atoms with Crippen LogP contribution in [0.2, 0.25) is 0 Å². The summed E-state index contributed by atoms with van der Waals surface area (Å²) in [5, 5.41) is 4.66. The van der Waals surface area contributed by atoms with Crippen molar-refractivity contribution in [1.82, 2.24) is 10.3 Å². The predicted molar refractivity (Wildman–Crippen MR) is 88.3 cm³/mol. The van der Waals surface area contributed by atoms with Crippen molar-refractivity contribution in [2.45, 2.75) is 53.1 Å². The molecule has 0 aliphatic carbocycles. The topological polar surface area (TPSA) is 24.9 Å². The van der Waals surface area contributed by atoms with Crippen LogP contribution in [0, 0.1) is 6.92 Å². The van der Waals surface area contributed by atoms with Gasteiger partial charge in [0.1, 0.15) is 5.01 Å². The van der Waals surface area contributed by atoms with Gasteiger partial charge in [0, 0.05) is 22.5 Å². The lowest BCUT2D eigenvalue weighted by Gasteiger charge is -2.19. The molecule has 2 rings (SSSR count). The van der Waals surface area contributed by atoms with Crippen LogP contribution in [0.5, 0.6) is 0 Å². The Balaban J connectivity index is 2.18. The number of nitrogens with zero attached hydrogens (tertiary/aromatic N) is 1. The maximum Gasteiger partial charge on any atom is 0.107 e. The largest absolute Gasteiger partial charge is 0.306 e. The second-order valence-electron chi connectivity index (χ2n) is 6.17. The standard InChI is InChI=1S/C17H24N2S/c1-6-13-7-9-14(10-8-13)16-12(2)20-15(19-16)11-18-17(3,4)5/h7-10,18H,6,11H2,1-5H3. The van der Waals surface area contributed by atoms with Gasteiger partial charge >= 0.3 is 0 Å². The van der Waals surface area contributed by atoms with E-state index in [4.69, 9.17) is 4.98 Å². The molecule has 1 aromatic heterocycles. The van der Waals surface area contributed by atoms with Crippen molar-refractivity contribution >= 4 is 11.3 Å². The molecule has 1 N–H and O–H groups in total. The van der Waals surface area contributed by atoms with Gasteiger partial charge in [0.15, 0.2) is 0 Å². The number of nitrogens with one attached hydrogen (secondary N) is 1. The SMILES string of the molecule is CCc1ccc(-c2nc(CNC(C)(C)C)sc2C)cc1. The van der Waals surface area contributed by atoms with Crippen LogP contribution < -0.4 is 5.32 Å². The van der Waals surface area contributed by atoms with Gasteiger partial charge in [-0.1, -0.05) is 31.2 Å². The second-order valence-corrected chi connectivity index (χ2v) is 7.45. The maximum absolute atomic E-state index is 4.79. The lowest BCUT2D eigenvalue weighted by molar-refractivity contribution is 0.424. The third kappa shape index (κ3) is 3.90. The van der Waals surface area contributed by atoms with Crippen molar-refractivity contribution in [3.05, 3.63) is 39.7 Å². The molecule has 1 heterocycles. The number of thiazole rings is 1. The Bertz CT molecular complexity index is 562. The molecule has 2 nitrogen and oxygen atoms in total. The van der Waals surface area contributed by atoms with Crippen molar-refractivity contribution in [3.63, 3.8) is 0 Å². The van der Waals surface area contributed by atoms with Crippen LogP contribution in [-0.2, 0) is 13.0 Å². The van der Waals surface area contributed by atoms with Gasteiger partial charge in [0.2, 0.25) is 0 Å². The third-order valence-corrected chi connectivity index (χ3v) is 4.22. The zero-order chi connectivity index (χ0) is 14.8. The number of aryl methyl sites for hydroxylation is 2. The van der Waals surface area contributed by atoms with E-state index in [-0.39, 0.29) is 5.54 Å². The minimum atomic E-state index is 0.127. The molecule has 0 saturated heterocycles. The lowest BCUT2D eigenvalue weighted by Crippen LogP contribution is -2.34. The number of rotatable bonds is 4. The highest BCUT2D eigenvalue weighted by Gasteiger charge is 2.13. The Morgan fingerprint density at radius 3 is 2.35 bits per heavy atom. The van der Waals surface area contributed by atoms with E-state index in [1.807, 2.05) is 0 Å². The van der Waals surface area contributed by atoms with Gasteiger partial charge in [0.25, 0.3) is 0 Å². The fourth-order valence-electron chi connectivity index (χ4n) is 2.03. The third-order valence-electron chi connectivity index (χ3n) is 3.25. The highest BCUT2D eigenvalue weighted by atomic mass is 32.1. The van der Waals surface area contributed by atoms with E-state index < -0.39 is 0 Å². The fraction of sp³-hybridized carbons (Fsp3) is 0.471. The van der Waals surface area contributed by atoms with Crippen molar-refractivity contribution in [3.8, 4) is 11.3 Å². The van der Waals surface area contributed by atoms with Crippen LogP contribution >= 0.6 is 11.3 Å². The van der Waals surface area contributed by atoms with Gasteiger partial charge in [-0.25, -0.2) is 4.98 Å². The van der Waals surface area contributed by atoms with Crippen LogP contribution in [0.1, 0.15) is 43.1 Å². The van der Waals surface area contributed by atoms with E-state index in [0.29, 0.717) is 0 Å². The minimum Gasteiger partial charge on any atom is -0.306 e. The molecule has 0 amide bonds. The second kappa shape index (κ2) is 6.06. The van der Waals surface area contributed by atoms with Crippen LogP contribution in [0.4, 0.5) is 0 Å². The molecule has 0 saturated carbocycles. The molecule has 0 atom stereocenters. The summed E-state index contributed by atoms with van der Waals surface area (Å²) in [5.41, 5.74) is 3.85. The zero-order valence-corrected chi connectivity index (χ0v) is 13.9. The maximum atomic E-state index is 4.79. The van der Waals surface area contributed by atoms with Gasteiger partial charge in [0.05, 0.1) is 5.69 Å². The van der Waals surface area contributed by atoms with Crippen LogP contribution in [-0.4, -0.2) is 10.5 Å². The number of hydrogen-bond donors (Lipinski definition) is 1. The molecule has 0 fully saturated rings. The van der Waals surface area contributed by atoms with Gasteiger partial charge < -0.3 is 5.32 Å². The monoisotopic (exact) mass is 288 g/mol. The lowest BCUT2D eigenvalue weighted by atomic mass is 10.1. The molecular formula is C17H24N2S. The van der Waals surface area contributed by atoms with Gasteiger partial charge in [-0.15, -0.1) is 11.3 Å². The molecule has 108 valence electrons.